The Labute approximate surface area is 111 Å². The Hall–Kier alpha value is -1.45. The second kappa shape index (κ2) is 6.13. The predicted molar refractivity (Wildman–Crippen MR) is 66.1 cm³/mol. The molecule has 19 heavy (non-hydrogen) atoms. The summed E-state index contributed by atoms with van der Waals surface area (Å²) in [5.41, 5.74) is 0. The molecule has 0 amide bonds. The Kier molecular flexibility index (Phi) is 5.04. The summed E-state index contributed by atoms with van der Waals surface area (Å²) >= 11 is 0. The number of carboxylic acid groups (broad SMARTS) is 1. The first-order valence-electron chi connectivity index (χ1n) is 5.71. The van der Waals surface area contributed by atoms with Gasteiger partial charge >= 0.3 is 5.97 Å². The number of imidazole rings is 1. The van der Waals surface area contributed by atoms with E-state index in [1.54, 1.807) is 11.5 Å². The van der Waals surface area contributed by atoms with Gasteiger partial charge < -0.3 is 14.8 Å². The third-order valence-corrected chi connectivity index (χ3v) is 3.81. The summed E-state index contributed by atoms with van der Waals surface area (Å²) in [6.45, 7) is 3.40. The lowest BCUT2D eigenvalue weighted by molar-refractivity contribution is -0.139. The molecule has 0 saturated carbocycles. The van der Waals surface area contributed by atoms with Crippen molar-refractivity contribution in [1.82, 2.24) is 14.3 Å². The number of hydrogen-bond acceptors (Lipinski definition) is 5. The van der Waals surface area contributed by atoms with Gasteiger partial charge in [0.25, 0.3) is 10.0 Å². The van der Waals surface area contributed by atoms with E-state index in [1.807, 2.05) is 11.6 Å². The van der Waals surface area contributed by atoms with Crippen LogP contribution in [0, 0.1) is 6.92 Å². The van der Waals surface area contributed by atoms with E-state index in [4.69, 9.17) is 10.2 Å². The van der Waals surface area contributed by atoms with Crippen LogP contribution in [0.1, 0.15) is 19.2 Å². The van der Waals surface area contributed by atoms with E-state index >= 15 is 0 Å². The van der Waals surface area contributed by atoms with Crippen LogP contribution in [-0.4, -0.2) is 46.8 Å². The van der Waals surface area contributed by atoms with E-state index in [2.05, 4.69) is 4.98 Å². The fourth-order valence-electron chi connectivity index (χ4n) is 1.49. The maximum Gasteiger partial charge on any atom is 0.324 e. The van der Waals surface area contributed by atoms with Crippen molar-refractivity contribution < 1.29 is 23.4 Å². The first-order chi connectivity index (χ1) is 8.81. The number of aliphatic hydroxyl groups is 1. The molecule has 0 aromatic carbocycles. The smallest absolute Gasteiger partial charge is 0.324 e. The van der Waals surface area contributed by atoms with E-state index in [1.165, 1.54) is 6.20 Å². The number of carboxylic acids is 1. The molecule has 0 saturated heterocycles. The normalized spacial score (nSPS) is 13.4. The van der Waals surface area contributed by atoms with E-state index in [0.29, 0.717) is 12.4 Å². The Bertz CT molecular complexity index is 552. The largest absolute Gasteiger partial charge is 0.480 e. The number of carbonyl (C=O) groups is 1. The van der Waals surface area contributed by atoms with Gasteiger partial charge in [-0.2, -0.15) is 4.72 Å². The SMILES string of the molecule is CCCn1cc(S(=O)(=O)NC(CO)C(=O)O)nc1C. The molecule has 1 aromatic rings. The molecular formula is C10H17N3O5S. The minimum Gasteiger partial charge on any atom is -0.480 e. The first kappa shape index (κ1) is 15.6. The highest BCUT2D eigenvalue weighted by atomic mass is 32.2. The number of aromatic nitrogens is 2. The maximum atomic E-state index is 11.9. The van der Waals surface area contributed by atoms with Crippen LogP contribution < -0.4 is 4.72 Å². The van der Waals surface area contributed by atoms with Gasteiger partial charge in [-0.1, -0.05) is 6.92 Å². The number of nitrogens with zero attached hydrogens (tertiary/aromatic N) is 2. The Morgan fingerprint density at radius 1 is 1.58 bits per heavy atom. The summed E-state index contributed by atoms with van der Waals surface area (Å²) in [6, 6.07) is -1.58. The molecule has 1 rings (SSSR count). The van der Waals surface area contributed by atoms with Crippen molar-refractivity contribution in [3.05, 3.63) is 12.0 Å². The minimum atomic E-state index is -4.06. The molecule has 3 N–H and O–H groups in total. The van der Waals surface area contributed by atoms with Crippen molar-refractivity contribution in [2.45, 2.75) is 37.9 Å². The Morgan fingerprint density at radius 2 is 2.21 bits per heavy atom. The number of hydrogen-bond donors (Lipinski definition) is 3. The van der Waals surface area contributed by atoms with E-state index in [-0.39, 0.29) is 5.03 Å². The fraction of sp³-hybridized carbons (Fsp3) is 0.600. The van der Waals surface area contributed by atoms with Crippen LogP contribution in [0.15, 0.2) is 11.2 Å². The van der Waals surface area contributed by atoms with Crippen LogP contribution in [0.2, 0.25) is 0 Å². The average molecular weight is 291 g/mol. The fourth-order valence-corrected chi connectivity index (χ4v) is 2.68. The number of rotatable bonds is 7. The molecule has 0 spiro atoms. The third-order valence-electron chi connectivity index (χ3n) is 2.47. The molecule has 1 heterocycles. The van der Waals surface area contributed by atoms with Gasteiger partial charge in [0, 0.05) is 12.7 Å². The lowest BCUT2D eigenvalue weighted by Gasteiger charge is -2.10. The van der Waals surface area contributed by atoms with Gasteiger partial charge in [-0.05, 0) is 13.3 Å². The number of aliphatic hydroxyl groups excluding tert-OH is 1. The third kappa shape index (κ3) is 3.75. The van der Waals surface area contributed by atoms with Crippen molar-refractivity contribution >= 4 is 16.0 Å². The van der Waals surface area contributed by atoms with Crippen LogP contribution in [0.4, 0.5) is 0 Å². The zero-order valence-electron chi connectivity index (χ0n) is 10.7. The molecule has 0 aliphatic carbocycles. The second-order valence-electron chi connectivity index (χ2n) is 4.01. The van der Waals surface area contributed by atoms with Gasteiger partial charge in [0.2, 0.25) is 0 Å². The van der Waals surface area contributed by atoms with E-state index < -0.39 is 28.6 Å². The lowest BCUT2D eigenvalue weighted by Crippen LogP contribution is -2.43. The average Bonchev–Trinajstić information content (AvgIpc) is 2.69. The summed E-state index contributed by atoms with van der Waals surface area (Å²) in [5, 5.41) is 17.3. The summed E-state index contributed by atoms with van der Waals surface area (Å²) in [7, 11) is -4.06. The minimum absolute atomic E-state index is 0.252. The molecule has 0 fully saturated rings. The maximum absolute atomic E-state index is 11.9. The number of nitrogens with one attached hydrogen (secondary N) is 1. The number of sulfonamides is 1. The van der Waals surface area contributed by atoms with Crippen LogP contribution in [0.5, 0.6) is 0 Å². The standard InChI is InChI=1S/C10H17N3O5S/c1-3-4-13-5-9(11-7(13)2)19(17,18)12-8(6-14)10(15)16/h5,8,12,14H,3-4,6H2,1-2H3,(H,15,16). The molecule has 0 aliphatic rings. The first-order valence-corrected chi connectivity index (χ1v) is 7.20. The molecule has 8 nitrogen and oxygen atoms in total. The van der Waals surface area contributed by atoms with Gasteiger partial charge in [-0.3, -0.25) is 4.79 Å². The zero-order chi connectivity index (χ0) is 14.6. The lowest BCUT2D eigenvalue weighted by atomic mass is 10.3. The van der Waals surface area contributed by atoms with Gasteiger partial charge in [0.15, 0.2) is 5.03 Å². The highest BCUT2D eigenvalue weighted by Crippen LogP contribution is 2.10. The highest BCUT2D eigenvalue weighted by molar-refractivity contribution is 7.89. The predicted octanol–water partition coefficient (Wildman–Crippen LogP) is -0.675. The zero-order valence-corrected chi connectivity index (χ0v) is 11.5. The van der Waals surface area contributed by atoms with Crippen molar-refractivity contribution in [2.24, 2.45) is 0 Å². The van der Waals surface area contributed by atoms with Crippen molar-refractivity contribution in [3.8, 4) is 0 Å². The van der Waals surface area contributed by atoms with Gasteiger partial charge in [-0.15, -0.1) is 0 Å². The van der Waals surface area contributed by atoms with Crippen molar-refractivity contribution in [1.29, 1.82) is 0 Å². The molecule has 0 radical (unpaired) electrons. The van der Waals surface area contributed by atoms with Gasteiger partial charge in [0.1, 0.15) is 11.9 Å². The second-order valence-corrected chi connectivity index (χ2v) is 5.68. The van der Waals surface area contributed by atoms with Crippen LogP contribution in [0.3, 0.4) is 0 Å². The van der Waals surface area contributed by atoms with Gasteiger partial charge in [0.05, 0.1) is 6.61 Å². The molecular weight excluding hydrogens is 274 g/mol. The number of aliphatic carboxylic acids is 1. The van der Waals surface area contributed by atoms with Crippen LogP contribution >= 0.6 is 0 Å². The van der Waals surface area contributed by atoms with Crippen molar-refractivity contribution in [2.75, 3.05) is 6.61 Å². The van der Waals surface area contributed by atoms with E-state index in [9.17, 15) is 13.2 Å². The summed E-state index contributed by atoms with van der Waals surface area (Å²) in [6.07, 6.45) is 2.16. The van der Waals surface area contributed by atoms with E-state index in [0.717, 1.165) is 6.42 Å². The number of aryl methyl sites for hydroxylation is 2. The summed E-state index contributed by atoms with van der Waals surface area (Å²) in [5.74, 6) is -0.922. The Morgan fingerprint density at radius 3 is 2.68 bits per heavy atom. The monoisotopic (exact) mass is 291 g/mol. The molecule has 1 atom stereocenters. The summed E-state index contributed by atoms with van der Waals surface area (Å²) < 4.78 is 27.4. The molecule has 0 aliphatic heterocycles. The molecule has 9 heteroatoms. The van der Waals surface area contributed by atoms with Crippen molar-refractivity contribution in [3.63, 3.8) is 0 Å². The van der Waals surface area contributed by atoms with Gasteiger partial charge in [-0.25, -0.2) is 13.4 Å². The van der Waals surface area contributed by atoms with Crippen LogP contribution in [-0.2, 0) is 21.4 Å². The molecule has 1 unspecified atom stereocenters. The topological polar surface area (TPSA) is 122 Å². The van der Waals surface area contributed by atoms with Crippen LogP contribution in [0.25, 0.3) is 0 Å². The quantitative estimate of drug-likeness (QED) is 0.612. The molecule has 1 aromatic heterocycles. The Balaban J connectivity index is 3.00. The highest BCUT2D eigenvalue weighted by Gasteiger charge is 2.26. The molecule has 108 valence electrons. The summed E-state index contributed by atoms with van der Waals surface area (Å²) in [4.78, 5) is 14.6. The molecule has 0 bridgehead atoms.